The zero-order valence-corrected chi connectivity index (χ0v) is 20.1. The topological polar surface area (TPSA) is 122 Å². The van der Waals surface area contributed by atoms with Crippen molar-refractivity contribution in [1.82, 2.24) is 9.55 Å². The quantitative estimate of drug-likeness (QED) is 0.358. The number of aromatic nitrogens is 2. The largest absolute Gasteiger partial charge is 0.383 e. The van der Waals surface area contributed by atoms with Crippen molar-refractivity contribution in [2.24, 2.45) is 0 Å². The summed E-state index contributed by atoms with van der Waals surface area (Å²) in [4.78, 5) is 42.9. The SMILES string of the molecule is COCCN(CCC(=O)Nc1ccccc1SC)c1c(N)n(Cc2ccccc2)c(=O)[nH]c1=O. The second-order valence-electron chi connectivity index (χ2n) is 7.54. The number of thioether (sulfide) groups is 1. The molecule has 3 aromatic rings. The van der Waals surface area contributed by atoms with Gasteiger partial charge in [0.25, 0.3) is 5.56 Å². The fraction of sp³-hybridized carbons (Fsp3) is 0.292. The van der Waals surface area contributed by atoms with Crippen LogP contribution in [-0.2, 0) is 16.1 Å². The molecule has 0 aliphatic carbocycles. The van der Waals surface area contributed by atoms with E-state index in [1.807, 2.05) is 60.9 Å². The first-order chi connectivity index (χ1) is 16.4. The number of carbonyl (C=O) groups excluding carboxylic acids is 1. The maximum absolute atomic E-state index is 12.8. The highest BCUT2D eigenvalue weighted by Crippen LogP contribution is 2.25. The molecular formula is C24H29N5O4S. The highest BCUT2D eigenvalue weighted by molar-refractivity contribution is 7.98. The molecule has 180 valence electrons. The Balaban J connectivity index is 1.84. The van der Waals surface area contributed by atoms with Gasteiger partial charge in [-0.05, 0) is 24.0 Å². The zero-order chi connectivity index (χ0) is 24.5. The molecule has 1 heterocycles. The molecule has 1 aromatic heterocycles. The minimum atomic E-state index is -0.601. The van der Waals surface area contributed by atoms with E-state index >= 15 is 0 Å². The number of ether oxygens (including phenoxy) is 1. The smallest absolute Gasteiger partial charge is 0.330 e. The predicted molar refractivity (Wildman–Crippen MR) is 137 cm³/mol. The lowest BCUT2D eigenvalue weighted by atomic mass is 10.2. The molecule has 0 radical (unpaired) electrons. The van der Waals surface area contributed by atoms with Gasteiger partial charge in [-0.3, -0.25) is 19.1 Å². The molecule has 0 fully saturated rings. The fourth-order valence-corrected chi connectivity index (χ4v) is 4.09. The summed E-state index contributed by atoms with van der Waals surface area (Å²) in [6, 6.07) is 16.9. The summed E-state index contributed by atoms with van der Waals surface area (Å²) < 4.78 is 6.51. The maximum Gasteiger partial charge on any atom is 0.330 e. The number of anilines is 3. The number of amides is 1. The number of nitrogen functional groups attached to an aromatic ring is 1. The number of methoxy groups -OCH3 is 1. The third kappa shape index (κ3) is 6.30. The Morgan fingerprint density at radius 1 is 1.12 bits per heavy atom. The molecule has 0 aliphatic heterocycles. The van der Waals surface area contributed by atoms with E-state index in [-0.39, 0.29) is 36.9 Å². The molecule has 0 bridgehead atoms. The first-order valence-electron chi connectivity index (χ1n) is 10.8. The number of benzene rings is 2. The Kier molecular flexibility index (Phi) is 8.94. The summed E-state index contributed by atoms with van der Waals surface area (Å²) >= 11 is 1.54. The molecule has 10 heteroatoms. The number of H-pyrrole nitrogens is 1. The first-order valence-corrected chi connectivity index (χ1v) is 12.0. The molecule has 0 aliphatic rings. The van der Waals surface area contributed by atoms with Crippen LogP contribution >= 0.6 is 11.8 Å². The molecule has 0 unspecified atom stereocenters. The van der Waals surface area contributed by atoms with Crippen LogP contribution in [0.5, 0.6) is 0 Å². The third-order valence-electron chi connectivity index (χ3n) is 5.27. The van der Waals surface area contributed by atoms with Crippen molar-refractivity contribution in [3.05, 3.63) is 81.0 Å². The molecule has 2 aromatic carbocycles. The van der Waals surface area contributed by atoms with Gasteiger partial charge in [0, 0.05) is 31.5 Å². The van der Waals surface area contributed by atoms with Crippen LogP contribution in [0.15, 0.2) is 69.1 Å². The van der Waals surface area contributed by atoms with E-state index in [2.05, 4.69) is 10.3 Å². The Bertz CT molecular complexity index is 1230. The molecule has 0 saturated heterocycles. The molecule has 0 atom stereocenters. The lowest BCUT2D eigenvalue weighted by Gasteiger charge is -2.26. The monoisotopic (exact) mass is 483 g/mol. The number of para-hydroxylation sites is 1. The van der Waals surface area contributed by atoms with Crippen LogP contribution < -0.4 is 27.2 Å². The molecule has 9 nitrogen and oxygen atoms in total. The second-order valence-corrected chi connectivity index (χ2v) is 8.39. The summed E-state index contributed by atoms with van der Waals surface area (Å²) in [6.45, 7) is 1.06. The summed E-state index contributed by atoms with van der Waals surface area (Å²) in [5.74, 6) is -0.154. The molecule has 3 rings (SSSR count). The van der Waals surface area contributed by atoms with E-state index in [1.54, 1.807) is 23.8 Å². The van der Waals surface area contributed by atoms with Crippen LogP contribution in [0.4, 0.5) is 17.2 Å². The van der Waals surface area contributed by atoms with Gasteiger partial charge in [0.15, 0.2) is 0 Å². The predicted octanol–water partition coefficient (Wildman–Crippen LogP) is 2.37. The molecule has 34 heavy (non-hydrogen) atoms. The van der Waals surface area contributed by atoms with Crippen LogP contribution in [-0.4, -0.2) is 48.5 Å². The van der Waals surface area contributed by atoms with Gasteiger partial charge in [-0.1, -0.05) is 42.5 Å². The number of rotatable bonds is 11. The van der Waals surface area contributed by atoms with Gasteiger partial charge < -0.3 is 20.7 Å². The third-order valence-corrected chi connectivity index (χ3v) is 6.06. The fourth-order valence-electron chi connectivity index (χ4n) is 3.54. The van der Waals surface area contributed by atoms with E-state index < -0.39 is 11.2 Å². The van der Waals surface area contributed by atoms with Crippen molar-refractivity contribution in [3.63, 3.8) is 0 Å². The Labute approximate surface area is 201 Å². The van der Waals surface area contributed by atoms with E-state index in [0.29, 0.717) is 13.2 Å². The average molecular weight is 484 g/mol. The Morgan fingerprint density at radius 2 is 1.82 bits per heavy atom. The van der Waals surface area contributed by atoms with Gasteiger partial charge in [0.2, 0.25) is 5.91 Å². The van der Waals surface area contributed by atoms with E-state index in [1.165, 1.54) is 4.57 Å². The van der Waals surface area contributed by atoms with E-state index in [0.717, 1.165) is 16.1 Å². The summed E-state index contributed by atoms with van der Waals surface area (Å²) in [6.07, 6.45) is 2.06. The van der Waals surface area contributed by atoms with Gasteiger partial charge in [0.05, 0.1) is 18.8 Å². The van der Waals surface area contributed by atoms with Crippen molar-refractivity contribution in [2.45, 2.75) is 17.9 Å². The number of aromatic amines is 1. The highest BCUT2D eigenvalue weighted by Gasteiger charge is 2.20. The van der Waals surface area contributed by atoms with Gasteiger partial charge in [-0.15, -0.1) is 11.8 Å². The average Bonchev–Trinajstić information content (AvgIpc) is 2.84. The molecule has 4 N–H and O–H groups in total. The lowest BCUT2D eigenvalue weighted by molar-refractivity contribution is -0.116. The molecule has 1 amide bonds. The zero-order valence-electron chi connectivity index (χ0n) is 19.2. The molecule has 0 spiro atoms. The minimum Gasteiger partial charge on any atom is -0.383 e. The van der Waals surface area contributed by atoms with E-state index in [9.17, 15) is 14.4 Å². The number of hydrogen-bond acceptors (Lipinski definition) is 7. The normalized spacial score (nSPS) is 10.8. The summed E-state index contributed by atoms with van der Waals surface area (Å²) in [5.41, 5.74) is 6.88. The van der Waals surface area contributed by atoms with Crippen LogP contribution in [0, 0.1) is 0 Å². The summed E-state index contributed by atoms with van der Waals surface area (Å²) in [5, 5.41) is 2.92. The highest BCUT2D eigenvalue weighted by atomic mass is 32.2. The standard InChI is InChI=1S/C24H29N5O4S/c1-33-15-14-28(13-12-20(30)26-18-10-6-7-11-19(18)34-2)21-22(25)29(24(32)27-23(21)31)16-17-8-4-3-5-9-17/h3-11H,12-16,25H2,1-2H3,(H,26,30)(H,27,31,32). The van der Waals surface area contributed by atoms with Crippen molar-refractivity contribution < 1.29 is 9.53 Å². The van der Waals surface area contributed by atoms with Crippen molar-refractivity contribution >= 4 is 34.9 Å². The van der Waals surface area contributed by atoms with Crippen molar-refractivity contribution in [1.29, 1.82) is 0 Å². The van der Waals surface area contributed by atoms with Crippen LogP contribution in [0.2, 0.25) is 0 Å². The lowest BCUT2D eigenvalue weighted by Crippen LogP contribution is -2.40. The number of nitrogens with zero attached hydrogens (tertiary/aromatic N) is 2. The number of hydrogen-bond donors (Lipinski definition) is 3. The van der Waals surface area contributed by atoms with Crippen LogP contribution in [0.25, 0.3) is 0 Å². The van der Waals surface area contributed by atoms with Gasteiger partial charge in [-0.25, -0.2) is 4.79 Å². The Hall–Kier alpha value is -3.50. The van der Waals surface area contributed by atoms with Crippen LogP contribution in [0.3, 0.4) is 0 Å². The van der Waals surface area contributed by atoms with Crippen molar-refractivity contribution in [3.8, 4) is 0 Å². The van der Waals surface area contributed by atoms with Crippen molar-refractivity contribution in [2.75, 3.05) is 49.0 Å². The number of carbonyl (C=O) groups is 1. The Morgan fingerprint density at radius 3 is 2.53 bits per heavy atom. The van der Waals surface area contributed by atoms with Gasteiger partial charge in [0.1, 0.15) is 11.5 Å². The molecule has 0 saturated carbocycles. The summed E-state index contributed by atoms with van der Waals surface area (Å²) in [7, 11) is 1.55. The first kappa shape index (κ1) is 25.1. The van der Waals surface area contributed by atoms with Gasteiger partial charge >= 0.3 is 5.69 Å². The number of nitrogens with one attached hydrogen (secondary N) is 2. The van der Waals surface area contributed by atoms with Gasteiger partial charge in [-0.2, -0.15) is 0 Å². The minimum absolute atomic E-state index is 0.0434. The van der Waals surface area contributed by atoms with Crippen LogP contribution in [0.1, 0.15) is 12.0 Å². The molecular weight excluding hydrogens is 454 g/mol. The number of nitrogens with two attached hydrogens (primary N) is 1. The maximum atomic E-state index is 12.8. The van der Waals surface area contributed by atoms with E-state index in [4.69, 9.17) is 10.5 Å². The second kappa shape index (κ2) is 12.1.